The topological polar surface area (TPSA) is 64.0 Å². The van der Waals surface area contributed by atoms with Gasteiger partial charge >= 0.3 is 0 Å². The van der Waals surface area contributed by atoms with E-state index < -0.39 is 0 Å². The Morgan fingerprint density at radius 1 is 1.12 bits per heavy atom. The van der Waals surface area contributed by atoms with Gasteiger partial charge in [-0.2, -0.15) is 5.10 Å². The fourth-order valence-electron chi connectivity index (χ4n) is 3.50. The van der Waals surface area contributed by atoms with Gasteiger partial charge in [0, 0.05) is 5.39 Å². The summed E-state index contributed by atoms with van der Waals surface area (Å²) < 4.78 is 1.24. The standard InChI is InChI=1S/C21H21N3O2/c25-19(14-24-21(26)18-12-5-4-9-17(18)13-22-24)23-20(16-10-6-11-16)15-7-2-1-3-8-15/h1-5,7-9,12-13,16,20H,6,10-11,14H2,(H,23,25). The second-order valence-corrected chi connectivity index (χ2v) is 6.84. The molecule has 1 N–H and O–H groups in total. The molecule has 2 aromatic carbocycles. The third kappa shape index (κ3) is 3.25. The molecule has 1 fully saturated rings. The van der Waals surface area contributed by atoms with Crippen LogP contribution >= 0.6 is 0 Å². The maximum Gasteiger partial charge on any atom is 0.275 e. The Hall–Kier alpha value is -2.95. The minimum absolute atomic E-state index is 0.00592. The van der Waals surface area contributed by atoms with Gasteiger partial charge in [-0.15, -0.1) is 0 Å². The number of carbonyl (C=O) groups excluding carboxylic acids is 1. The van der Waals surface area contributed by atoms with Gasteiger partial charge in [-0.1, -0.05) is 55.0 Å². The maximum atomic E-state index is 12.6. The number of nitrogens with one attached hydrogen (secondary N) is 1. The molecule has 5 nitrogen and oxygen atoms in total. The van der Waals surface area contributed by atoms with Crippen molar-refractivity contribution in [1.82, 2.24) is 15.1 Å². The maximum absolute atomic E-state index is 12.6. The average molecular weight is 347 g/mol. The third-order valence-corrected chi connectivity index (χ3v) is 5.15. The van der Waals surface area contributed by atoms with E-state index in [0.29, 0.717) is 11.3 Å². The van der Waals surface area contributed by atoms with Crippen molar-refractivity contribution in [3.05, 3.63) is 76.7 Å². The minimum atomic E-state index is -0.238. The van der Waals surface area contributed by atoms with Crippen LogP contribution in [0.15, 0.2) is 65.6 Å². The first-order valence-electron chi connectivity index (χ1n) is 9.01. The highest BCUT2D eigenvalue weighted by Gasteiger charge is 2.29. The Morgan fingerprint density at radius 2 is 1.85 bits per heavy atom. The highest BCUT2D eigenvalue weighted by Crippen LogP contribution is 2.37. The van der Waals surface area contributed by atoms with Gasteiger partial charge in [0.1, 0.15) is 6.54 Å². The predicted octanol–water partition coefficient (Wildman–Crippen LogP) is 3.05. The Morgan fingerprint density at radius 3 is 2.58 bits per heavy atom. The number of hydrogen-bond acceptors (Lipinski definition) is 3. The molecule has 0 bridgehead atoms. The molecular weight excluding hydrogens is 326 g/mol. The zero-order valence-electron chi connectivity index (χ0n) is 14.5. The molecule has 0 aliphatic heterocycles. The Balaban J connectivity index is 1.54. The summed E-state index contributed by atoms with van der Waals surface area (Å²) in [6.45, 7) is -0.0697. The summed E-state index contributed by atoms with van der Waals surface area (Å²) in [5.74, 6) is 0.276. The van der Waals surface area contributed by atoms with E-state index in [1.807, 2.05) is 48.5 Å². The fourth-order valence-corrected chi connectivity index (χ4v) is 3.50. The number of nitrogens with zero attached hydrogens (tertiary/aromatic N) is 2. The monoisotopic (exact) mass is 347 g/mol. The van der Waals surface area contributed by atoms with Gasteiger partial charge in [0.25, 0.3) is 5.56 Å². The van der Waals surface area contributed by atoms with Crippen molar-refractivity contribution < 1.29 is 4.79 Å². The quantitative estimate of drug-likeness (QED) is 0.771. The van der Waals surface area contributed by atoms with Crippen LogP contribution in [0.5, 0.6) is 0 Å². The first kappa shape index (κ1) is 16.5. The van der Waals surface area contributed by atoms with E-state index in [2.05, 4.69) is 10.4 Å². The molecule has 5 heteroatoms. The zero-order chi connectivity index (χ0) is 17.9. The molecule has 1 heterocycles. The van der Waals surface area contributed by atoms with E-state index in [9.17, 15) is 9.59 Å². The van der Waals surface area contributed by atoms with Crippen LogP contribution in [0, 0.1) is 5.92 Å². The minimum Gasteiger partial charge on any atom is -0.347 e. The molecular formula is C21H21N3O2. The van der Waals surface area contributed by atoms with Crippen LogP contribution in [0.4, 0.5) is 0 Å². The largest absolute Gasteiger partial charge is 0.347 e. The molecule has 1 aliphatic rings. The van der Waals surface area contributed by atoms with Gasteiger partial charge in [-0.05, 0) is 30.4 Å². The summed E-state index contributed by atoms with van der Waals surface area (Å²) in [5, 5.41) is 8.63. The fraction of sp³-hybridized carbons (Fsp3) is 0.286. The van der Waals surface area contributed by atoms with Crippen molar-refractivity contribution in [2.24, 2.45) is 5.92 Å². The highest BCUT2D eigenvalue weighted by molar-refractivity contribution is 5.81. The lowest BCUT2D eigenvalue weighted by Crippen LogP contribution is -2.39. The van der Waals surface area contributed by atoms with Crippen molar-refractivity contribution in [3.8, 4) is 0 Å². The van der Waals surface area contributed by atoms with Gasteiger partial charge < -0.3 is 5.32 Å². The van der Waals surface area contributed by atoms with E-state index in [0.717, 1.165) is 23.8 Å². The lowest BCUT2D eigenvalue weighted by atomic mass is 9.77. The van der Waals surface area contributed by atoms with E-state index in [1.165, 1.54) is 11.1 Å². The molecule has 1 aliphatic carbocycles. The van der Waals surface area contributed by atoms with Crippen LogP contribution in [0.1, 0.15) is 30.9 Å². The molecule has 1 atom stereocenters. The summed E-state index contributed by atoms with van der Waals surface area (Å²) in [6.07, 6.45) is 5.07. The molecule has 3 aromatic rings. The van der Waals surface area contributed by atoms with Crippen LogP contribution in [0.2, 0.25) is 0 Å². The van der Waals surface area contributed by atoms with Crippen molar-refractivity contribution in [3.63, 3.8) is 0 Å². The van der Waals surface area contributed by atoms with E-state index in [1.54, 1.807) is 12.3 Å². The normalized spacial score (nSPS) is 15.4. The number of amides is 1. The second-order valence-electron chi connectivity index (χ2n) is 6.84. The van der Waals surface area contributed by atoms with Crippen LogP contribution in [0.25, 0.3) is 10.8 Å². The molecule has 4 rings (SSSR count). The van der Waals surface area contributed by atoms with E-state index >= 15 is 0 Å². The lowest BCUT2D eigenvalue weighted by Gasteiger charge is -2.34. The Kier molecular flexibility index (Phi) is 4.52. The molecule has 26 heavy (non-hydrogen) atoms. The van der Waals surface area contributed by atoms with Crippen molar-refractivity contribution >= 4 is 16.7 Å². The molecule has 1 unspecified atom stereocenters. The number of hydrogen-bond donors (Lipinski definition) is 1. The van der Waals surface area contributed by atoms with Crippen LogP contribution in [0.3, 0.4) is 0 Å². The summed E-state index contributed by atoms with van der Waals surface area (Å²) in [6, 6.07) is 17.3. The van der Waals surface area contributed by atoms with Crippen molar-refractivity contribution in [1.29, 1.82) is 0 Å². The number of rotatable bonds is 5. The smallest absolute Gasteiger partial charge is 0.275 e. The van der Waals surface area contributed by atoms with Crippen molar-refractivity contribution in [2.45, 2.75) is 31.8 Å². The Bertz CT molecular complexity index is 977. The first-order chi connectivity index (χ1) is 12.7. The zero-order valence-corrected chi connectivity index (χ0v) is 14.5. The van der Waals surface area contributed by atoms with Gasteiger partial charge in [-0.3, -0.25) is 9.59 Å². The molecule has 0 saturated heterocycles. The van der Waals surface area contributed by atoms with Gasteiger partial charge in [0.15, 0.2) is 0 Å². The summed E-state index contributed by atoms with van der Waals surface area (Å²) >= 11 is 0. The molecule has 1 amide bonds. The molecule has 1 saturated carbocycles. The summed E-state index contributed by atoms with van der Waals surface area (Å²) in [4.78, 5) is 25.2. The van der Waals surface area contributed by atoms with Crippen LogP contribution in [-0.4, -0.2) is 15.7 Å². The number of benzene rings is 2. The second kappa shape index (κ2) is 7.12. The highest BCUT2D eigenvalue weighted by atomic mass is 16.2. The summed E-state index contributed by atoms with van der Waals surface area (Å²) in [7, 11) is 0. The van der Waals surface area contributed by atoms with E-state index in [4.69, 9.17) is 0 Å². The number of fused-ring (bicyclic) bond motifs is 1. The van der Waals surface area contributed by atoms with Gasteiger partial charge in [0.05, 0.1) is 17.6 Å². The SMILES string of the molecule is O=C(Cn1ncc2ccccc2c1=O)NC(c1ccccc1)C1CCC1. The van der Waals surface area contributed by atoms with E-state index in [-0.39, 0.29) is 24.1 Å². The number of aromatic nitrogens is 2. The van der Waals surface area contributed by atoms with Crippen LogP contribution in [-0.2, 0) is 11.3 Å². The molecule has 1 aromatic heterocycles. The Labute approximate surface area is 151 Å². The number of carbonyl (C=O) groups is 1. The lowest BCUT2D eigenvalue weighted by molar-refractivity contribution is -0.123. The summed E-state index contributed by atoms with van der Waals surface area (Å²) in [5.41, 5.74) is 0.877. The van der Waals surface area contributed by atoms with Crippen LogP contribution < -0.4 is 10.9 Å². The van der Waals surface area contributed by atoms with Crippen molar-refractivity contribution in [2.75, 3.05) is 0 Å². The van der Waals surface area contributed by atoms with Gasteiger partial charge in [0.2, 0.25) is 5.91 Å². The molecule has 0 spiro atoms. The third-order valence-electron chi connectivity index (χ3n) is 5.15. The molecule has 0 radical (unpaired) electrons. The first-order valence-corrected chi connectivity index (χ1v) is 9.01. The average Bonchev–Trinajstić information content (AvgIpc) is 2.63. The van der Waals surface area contributed by atoms with Gasteiger partial charge in [-0.25, -0.2) is 4.68 Å². The molecule has 132 valence electrons. The predicted molar refractivity (Wildman–Crippen MR) is 101 cm³/mol.